The van der Waals surface area contributed by atoms with Crippen LogP contribution in [0.1, 0.15) is 19.4 Å². The first kappa shape index (κ1) is 22.5. The number of nitro benzene ring substituents is 1. The van der Waals surface area contributed by atoms with Gasteiger partial charge in [-0.1, -0.05) is 30.3 Å². The van der Waals surface area contributed by atoms with Crippen molar-refractivity contribution in [2.75, 3.05) is 5.32 Å². The molecule has 2 N–H and O–H groups in total. The number of benzene rings is 2. The molecule has 0 spiro atoms. The molecule has 3 rings (SSSR count). The van der Waals surface area contributed by atoms with Crippen LogP contribution in [-0.2, 0) is 30.3 Å². The third-order valence-corrected chi connectivity index (χ3v) is 4.49. The average Bonchev–Trinajstić information content (AvgIpc) is 2.72. The van der Waals surface area contributed by atoms with Crippen molar-refractivity contribution in [1.82, 2.24) is 5.32 Å². The number of rotatable bonds is 7. The molecule has 0 aromatic heterocycles. The zero-order valence-electron chi connectivity index (χ0n) is 17.4. The number of hydrogen-bond donors (Lipinski definition) is 2. The SMILES string of the molecule is CC1(C)OC(=O)C(=CN[C@@H](Cc2ccccc2)C(=O)Nc2ccc([N+](=O)[O-])cc2)C(=O)O1. The van der Waals surface area contributed by atoms with Crippen molar-refractivity contribution in [1.29, 1.82) is 0 Å². The Hall–Kier alpha value is -4.21. The normalized spacial score (nSPS) is 15.8. The molecule has 1 heterocycles. The number of ether oxygens (including phenoxy) is 2. The summed E-state index contributed by atoms with van der Waals surface area (Å²) in [6.07, 6.45) is 1.34. The third kappa shape index (κ3) is 5.69. The van der Waals surface area contributed by atoms with Crippen molar-refractivity contribution in [3.05, 3.63) is 82.0 Å². The van der Waals surface area contributed by atoms with Crippen LogP contribution in [0.3, 0.4) is 0 Å². The summed E-state index contributed by atoms with van der Waals surface area (Å²) >= 11 is 0. The summed E-state index contributed by atoms with van der Waals surface area (Å²) in [6.45, 7) is 2.87. The second-order valence-electron chi connectivity index (χ2n) is 7.44. The number of nitrogens with zero attached hydrogens (tertiary/aromatic N) is 1. The van der Waals surface area contributed by atoms with Crippen molar-refractivity contribution < 1.29 is 28.8 Å². The van der Waals surface area contributed by atoms with E-state index in [1.807, 2.05) is 30.3 Å². The molecule has 0 unspecified atom stereocenters. The minimum atomic E-state index is -1.37. The summed E-state index contributed by atoms with van der Waals surface area (Å²) in [5.74, 6) is -3.58. The average molecular weight is 439 g/mol. The van der Waals surface area contributed by atoms with Gasteiger partial charge in [0.15, 0.2) is 5.57 Å². The summed E-state index contributed by atoms with van der Waals surface area (Å²) in [5.41, 5.74) is 0.706. The first-order chi connectivity index (χ1) is 15.1. The number of esters is 2. The number of anilines is 1. The van der Waals surface area contributed by atoms with E-state index >= 15 is 0 Å². The lowest BCUT2D eigenvalue weighted by Crippen LogP contribution is -2.44. The quantitative estimate of drug-likeness (QED) is 0.221. The molecule has 2 aromatic rings. The van der Waals surface area contributed by atoms with E-state index in [1.54, 1.807) is 0 Å². The molecule has 0 bridgehead atoms. The summed E-state index contributed by atoms with van der Waals surface area (Å²) < 4.78 is 10.1. The third-order valence-electron chi connectivity index (χ3n) is 4.49. The van der Waals surface area contributed by atoms with E-state index in [-0.39, 0.29) is 17.7 Å². The van der Waals surface area contributed by atoms with Gasteiger partial charge < -0.3 is 20.1 Å². The minimum Gasteiger partial charge on any atom is -0.419 e. The van der Waals surface area contributed by atoms with Crippen LogP contribution in [0.4, 0.5) is 11.4 Å². The fraction of sp³-hybridized carbons (Fsp3) is 0.227. The van der Waals surface area contributed by atoms with Gasteiger partial charge >= 0.3 is 11.9 Å². The minimum absolute atomic E-state index is 0.107. The molecule has 10 nitrogen and oxygen atoms in total. The van der Waals surface area contributed by atoms with E-state index in [0.717, 1.165) is 11.8 Å². The molecule has 10 heteroatoms. The number of nitro groups is 1. The van der Waals surface area contributed by atoms with E-state index in [1.165, 1.54) is 38.1 Å². The standard InChI is InChI=1S/C22H21N3O7/c1-22(2)31-20(27)17(21(28)32-22)13-23-18(12-14-6-4-3-5-7-14)19(26)24-15-8-10-16(11-9-15)25(29)30/h3-11,13,18,23H,12H2,1-2H3,(H,24,26)/t18-/m0/s1. The van der Waals surface area contributed by atoms with Crippen LogP contribution in [0.25, 0.3) is 0 Å². The zero-order chi connectivity index (χ0) is 23.3. The van der Waals surface area contributed by atoms with Gasteiger partial charge in [0.05, 0.1) is 4.92 Å². The molecule has 1 aliphatic heterocycles. The molecule has 0 saturated carbocycles. The number of hydrogen-bond acceptors (Lipinski definition) is 8. The Morgan fingerprint density at radius 2 is 1.66 bits per heavy atom. The van der Waals surface area contributed by atoms with E-state index < -0.39 is 34.6 Å². The Kier molecular flexibility index (Phi) is 6.53. The Labute approximate surface area is 183 Å². The summed E-state index contributed by atoms with van der Waals surface area (Å²) in [5, 5.41) is 16.3. The Morgan fingerprint density at radius 1 is 1.06 bits per heavy atom. The lowest BCUT2D eigenvalue weighted by atomic mass is 10.0. The van der Waals surface area contributed by atoms with Crippen LogP contribution >= 0.6 is 0 Å². The number of carbonyl (C=O) groups is 3. The first-order valence-corrected chi connectivity index (χ1v) is 9.67. The molecule has 0 aliphatic carbocycles. The van der Waals surface area contributed by atoms with Crippen molar-refractivity contribution in [2.45, 2.75) is 32.1 Å². The molecule has 166 valence electrons. The molecular formula is C22H21N3O7. The lowest BCUT2D eigenvalue weighted by Gasteiger charge is -2.30. The van der Waals surface area contributed by atoms with Crippen molar-refractivity contribution in [3.8, 4) is 0 Å². The smallest absolute Gasteiger partial charge is 0.350 e. The van der Waals surface area contributed by atoms with Crippen molar-refractivity contribution >= 4 is 29.2 Å². The second kappa shape index (κ2) is 9.29. The lowest BCUT2D eigenvalue weighted by molar-refractivity contribution is -0.384. The molecule has 2 aromatic carbocycles. The molecule has 1 amide bonds. The topological polar surface area (TPSA) is 137 Å². The Morgan fingerprint density at radius 3 is 2.22 bits per heavy atom. The number of carbonyl (C=O) groups excluding carboxylic acids is 3. The number of nitrogens with one attached hydrogen (secondary N) is 2. The maximum atomic E-state index is 12.9. The highest BCUT2D eigenvalue weighted by Gasteiger charge is 2.39. The molecule has 32 heavy (non-hydrogen) atoms. The van der Waals surface area contributed by atoms with Crippen LogP contribution < -0.4 is 10.6 Å². The highest BCUT2D eigenvalue weighted by molar-refractivity contribution is 6.15. The molecule has 0 radical (unpaired) electrons. The van der Waals surface area contributed by atoms with E-state index in [0.29, 0.717) is 5.69 Å². The molecule has 1 atom stereocenters. The maximum Gasteiger partial charge on any atom is 0.350 e. The summed E-state index contributed by atoms with van der Waals surface area (Å²) in [4.78, 5) is 47.5. The second-order valence-corrected chi connectivity index (χ2v) is 7.44. The van der Waals surface area contributed by atoms with Gasteiger partial charge in [0, 0.05) is 44.3 Å². The number of amides is 1. The van der Waals surface area contributed by atoms with E-state index in [9.17, 15) is 24.5 Å². The maximum absolute atomic E-state index is 12.9. The molecular weight excluding hydrogens is 418 g/mol. The Bertz CT molecular complexity index is 1040. The van der Waals surface area contributed by atoms with Crippen molar-refractivity contribution in [3.63, 3.8) is 0 Å². The molecule has 1 fully saturated rings. The van der Waals surface area contributed by atoms with E-state index in [4.69, 9.17) is 9.47 Å². The van der Waals surface area contributed by atoms with Gasteiger partial charge in [0.2, 0.25) is 5.91 Å². The van der Waals surface area contributed by atoms with Crippen LogP contribution in [0.5, 0.6) is 0 Å². The van der Waals surface area contributed by atoms with Gasteiger partial charge in [-0.15, -0.1) is 0 Å². The monoisotopic (exact) mass is 439 g/mol. The van der Waals surface area contributed by atoms with Gasteiger partial charge in [-0.3, -0.25) is 14.9 Å². The summed E-state index contributed by atoms with van der Waals surface area (Å²) in [7, 11) is 0. The number of cyclic esters (lactones) is 2. The van der Waals surface area contributed by atoms with Gasteiger partial charge in [0.1, 0.15) is 6.04 Å². The zero-order valence-corrected chi connectivity index (χ0v) is 17.4. The van der Waals surface area contributed by atoms with Crippen LogP contribution in [0.15, 0.2) is 66.4 Å². The van der Waals surface area contributed by atoms with Gasteiger partial charge in [0.25, 0.3) is 11.5 Å². The van der Waals surface area contributed by atoms with Crippen LogP contribution in [0.2, 0.25) is 0 Å². The molecule has 1 saturated heterocycles. The first-order valence-electron chi connectivity index (χ1n) is 9.67. The largest absolute Gasteiger partial charge is 0.419 e. The van der Waals surface area contributed by atoms with Gasteiger partial charge in [-0.05, 0) is 17.7 Å². The predicted molar refractivity (Wildman–Crippen MR) is 113 cm³/mol. The summed E-state index contributed by atoms with van der Waals surface area (Å²) in [6, 6.07) is 13.6. The fourth-order valence-electron chi connectivity index (χ4n) is 2.94. The highest BCUT2D eigenvalue weighted by Crippen LogP contribution is 2.22. The highest BCUT2D eigenvalue weighted by atomic mass is 16.7. The fourth-order valence-corrected chi connectivity index (χ4v) is 2.94. The van der Waals surface area contributed by atoms with Gasteiger partial charge in [-0.2, -0.15) is 0 Å². The van der Waals surface area contributed by atoms with E-state index in [2.05, 4.69) is 10.6 Å². The van der Waals surface area contributed by atoms with Crippen LogP contribution in [0, 0.1) is 10.1 Å². The molecule has 1 aliphatic rings. The predicted octanol–water partition coefficient (Wildman–Crippen LogP) is 2.45. The van der Waals surface area contributed by atoms with Gasteiger partial charge in [-0.25, -0.2) is 9.59 Å². The van der Waals surface area contributed by atoms with Crippen molar-refractivity contribution in [2.24, 2.45) is 0 Å². The van der Waals surface area contributed by atoms with Crippen LogP contribution in [-0.4, -0.2) is 34.6 Å². The Balaban J connectivity index is 1.78. The number of non-ortho nitro benzene ring substituents is 1.